The Kier molecular flexibility index (Phi) is 4.10. The Bertz CT molecular complexity index is 365. The number of hydrogen-bond donors (Lipinski definition) is 2. The van der Waals surface area contributed by atoms with Crippen molar-refractivity contribution >= 4 is 29.7 Å². The number of carbonyl (C=O) groups is 2. The minimum absolute atomic E-state index is 0.0217. The van der Waals surface area contributed by atoms with Crippen LogP contribution in [0.1, 0.15) is 5.89 Å². The monoisotopic (exact) mass is 231 g/mol. The maximum atomic E-state index is 11.2. The number of carbonyl (C=O) groups excluding carboxylic acids is 1. The molecular formula is C7H9N3O4S. The highest BCUT2D eigenvalue weighted by molar-refractivity contribution is 8.00. The van der Waals surface area contributed by atoms with Crippen LogP contribution in [0.3, 0.4) is 0 Å². The molecule has 0 aromatic carbocycles. The first-order valence-electron chi connectivity index (χ1n) is 3.97. The minimum atomic E-state index is -0.957. The summed E-state index contributed by atoms with van der Waals surface area (Å²) in [6, 6.07) is 0.0217. The predicted octanol–water partition coefficient (Wildman–Crippen LogP) is 0.134. The van der Waals surface area contributed by atoms with Gasteiger partial charge in [-0.05, 0) is 0 Å². The van der Waals surface area contributed by atoms with E-state index >= 15 is 0 Å². The van der Waals surface area contributed by atoms with E-state index in [1.165, 1.54) is 0 Å². The summed E-state index contributed by atoms with van der Waals surface area (Å²) in [5.41, 5.74) is 0. The van der Waals surface area contributed by atoms with Gasteiger partial charge in [0.05, 0.1) is 11.5 Å². The lowest BCUT2D eigenvalue weighted by atomic mass is 10.7. The SMILES string of the molecule is Cc1nnc(NC(=O)CSCC(=O)O)o1. The van der Waals surface area contributed by atoms with E-state index in [1.807, 2.05) is 0 Å². The molecule has 0 atom stereocenters. The van der Waals surface area contributed by atoms with Crippen molar-refractivity contribution < 1.29 is 19.1 Å². The fourth-order valence-corrected chi connectivity index (χ4v) is 1.27. The third kappa shape index (κ3) is 4.45. The minimum Gasteiger partial charge on any atom is -0.481 e. The predicted molar refractivity (Wildman–Crippen MR) is 52.6 cm³/mol. The van der Waals surface area contributed by atoms with E-state index in [0.29, 0.717) is 5.89 Å². The molecule has 0 fully saturated rings. The lowest BCUT2D eigenvalue weighted by Crippen LogP contribution is -2.15. The van der Waals surface area contributed by atoms with E-state index in [9.17, 15) is 9.59 Å². The van der Waals surface area contributed by atoms with Crippen LogP contribution in [0.2, 0.25) is 0 Å². The van der Waals surface area contributed by atoms with E-state index < -0.39 is 5.97 Å². The molecule has 1 heterocycles. The van der Waals surface area contributed by atoms with Crippen LogP contribution in [0.25, 0.3) is 0 Å². The number of carboxylic acids is 1. The van der Waals surface area contributed by atoms with Crippen LogP contribution >= 0.6 is 11.8 Å². The molecule has 0 saturated carbocycles. The highest BCUT2D eigenvalue weighted by atomic mass is 32.2. The van der Waals surface area contributed by atoms with Crippen molar-refractivity contribution in [3.63, 3.8) is 0 Å². The highest BCUT2D eigenvalue weighted by Crippen LogP contribution is 2.05. The number of aromatic nitrogens is 2. The van der Waals surface area contributed by atoms with E-state index in [-0.39, 0.29) is 23.4 Å². The van der Waals surface area contributed by atoms with Crippen LogP contribution in [0.5, 0.6) is 0 Å². The van der Waals surface area contributed by atoms with Gasteiger partial charge in [-0.3, -0.25) is 14.9 Å². The van der Waals surface area contributed by atoms with Crippen molar-refractivity contribution in [2.45, 2.75) is 6.92 Å². The molecule has 0 aliphatic carbocycles. The number of carboxylic acid groups (broad SMARTS) is 1. The summed E-state index contributed by atoms with van der Waals surface area (Å²) < 4.78 is 4.90. The number of nitrogens with one attached hydrogen (secondary N) is 1. The van der Waals surface area contributed by atoms with Gasteiger partial charge in [-0.15, -0.1) is 16.9 Å². The Hall–Kier alpha value is -1.57. The van der Waals surface area contributed by atoms with E-state index in [1.54, 1.807) is 6.92 Å². The van der Waals surface area contributed by atoms with Crippen molar-refractivity contribution in [2.75, 3.05) is 16.8 Å². The van der Waals surface area contributed by atoms with Crippen LogP contribution in [0.15, 0.2) is 4.42 Å². The summed E-state index contributed by atoms with van der Waals surface area (Å²) >= 11 is 0.994. The summed E-state index contributed by atoms with van der Waals surface area (Å²) in [7, 11) is 0. The third-order valence-electron chi connectivity index (χ3n) is 1.23. The third-order valence-corrected chi connectivity index (χ3v) is 2.15. The van der Waals surface area contributed by atoms with Gasteiger partial charge in [0, 0.05) is 6.92 Å². The fraction of sp³-hybridized carbons (Fsp3) is 0.429. The van der Waals surface area contributed by atoms with E-state index in [4.69, 9.17) is 9.52 Å². The molecule has 0 saturated heterocycles. The van der Waals surface area contributed by atoms with Crippen LogP contribution in [-0.4, -0.2) is 38.7 Å². The van der Waals surface area contributed by atoms with Crippen molar-refractivity contribution in [1.29, 1.82) is 0 Å². The van der Waals surface area contributed by atoms with Gasteiger partial charge >= 0.3 is 12.0 Å². The molecule has 0 aliphatic heterocycles. The zero-order valence-electron chi connectivity index (χ0n) is 7.89. The molecule has 1 aromatic heterocycles. The molecule has 0 aliphatic rings. The van der Waals surface area contributed by atoms with Gasteiger partial charge in [-0.2, -0.15) is 0 Å². The molecular weight excluding hydrogens is 222 g/mol. The first-order valence-corrected chi connectivity index (χ1v) is 5.13. The molecule has 7 nitrogen and oxygen atoms in total. The Morgan fingerprint density at radius 3 is 2.73 bits per heavy atom. The topological polar surface area (TPSA) is 105 Å². The summed E-state index contributed by atoms with van der Waals surface area (Å²) in [5, 5.41) is 17.7. The van der Waals surface area contributed by atoms with Crippen molar-refractivity contribution in [2.24, 2.45) is 0 Å². The van der Waals surface area contributed by atoms with Crippen molar-refractivity contribution in [1.82, 2.24) is 10.2 Å². The van der Waals surface area contributed by atoms with Gasteiger partial charge in [-0.1, -0.05) is 5.10 Å². The number of anilines is 1. The second-order valence-corrected chi connectivity index (χ2v) is 3.55. The Morgan fingerprint density at radius 1 is 1.47 bits per heavy atom. The van der Waals surface area contributed by atoms with Gasteiger partial charge in [0.25, 0.3) is 0 Å². The summed E-state index contributed by atoms with van der Waals surface area (Å²) in [6.07, 6.45) is 0. The number of nitrogens with zero attached hydrogens (tertiary/aromatic N) is 2. The molecule has 1 amide bonds. The standard InChI is InChI=1S/C7H9N3O4S/c1-4-9-10-7(14-4)8-5(11)2-15-3-6(12)13/h2-3H2,1H3,(H,12,13)(H,8,10,11). The summed E-state index contributed by atoms with van der Waals surface area (Å²) in [5.74, 6) is -1.06. The second kappa shape index (κ2) is 5.35. The zero-order chi connectivity index (χ0) is 11.3. The highest BCUT2D eigenvalue weighted by Gasteiger charge is 2.08. The molecule has 82 valence electrons. The average molecular weight is 231 g/mol. The first kappa shape index (κ1) is 11.5. The zero-order valence-corrected chi connectivity index (χ0v) is 8.71. The van der Waals surface area contributed by atoms with Gasteiger partial charge in [0.15, 0.2) is 0 Å². The van der Waals surface area contributed by atoms with Crippen LogP contribution < -0.4 is 5.32 Å². The number of thioether (sulfide) groups is 1. The fourth-order valence-electron chi connectivity index (χ4n) is 0.733. The molecule has 0 bridgehead atoms. The lowest BCUT2D eigenvalue weighted by molar-refractivity contribution is -0.133. The van der Waals surface area contributed by atoms with Crippen LogP contribution in [-0.2, 0) is 9.59 Å². The number of rotatable bonds is 5. The van der Waals surface area contributed by atoms with E-state index in [0.717, 1.165) is 11.8 Å². The molecule has 1 rings (SSSR count). The van der Waals surface area contributed by atoms with E-state index in [2.05, 4.69) is 15.5 Å². The smallest absolute Gasteiger partial charge is 0.322 e. The summed E-state index contributed by atoms with van der Waals surface area (Å²) in [6.45, 7) is 1.60. The van der Waals surface area contributed by atoms with Crippen LogP contribution in [0, 0.1) is 6.92 Å². The average Bonchev–Trinajstić information content (AvgIpc) is 2.50. The molecule has 0 unspecified atom stereocenters. The van der Waals surface area contributed by atoms with Crippen molar-refractivity contribution in [3.8, 4) is 0 Å². The number of amides is 1. The van der Waals surface area contributed by atoms with Crippen LogP contribution in [0.4, 0.5) is 6.01 Å². The normalized spacial score (nSPS) is 9.93. The summed E-state index contributed by atoms with van der Waals surface area (Å²) in [4.78, 5) is 21.3. The largest absolute Gasteiger partial charge is 0.481 e. The molecule has 15 heavy (non-hydrogen) atoms. The molecule has 0 spiro atoms. The Labute approximate surface area is 89.2 Å². The number of aryl methyl sites for hydroxylation is 1. The Balaban J connectivity index is 2.27. The first-order chi connectivity index (χ1) is 7.08. The molecule has 2 N–H and O–H groups in total. The number of aliphatic carboxylic acids is 1. The number of hydrogen-bond acceptors (Lipinski definition) is 6. The maximum Gasteiger partial charge on any atom is 0.322 e. The van der Waals surface area contributed by atoms with Gasteiger partial charge in [0.2, 0.25) is 11.8 Å². The molecule has 1 aromatic rings. The quantitative estimate of drug-likeness (QED) is 0.742. The Morgan fingerprint density at radius 2 is 2.20 bits per heavy atom. The molecule has 0 radical (unpaired) electrons. The van der Waals surface area contributed by atoms with Gasteiger partial charge in [-0.25, -0.2) is 0 Å². The second-order valence-electron chi connectivity index (χ2n) is 2.56. The molecule has 8 heteroatoms. The lowest BCUT2D eigenvalue weighted by Gasteiger charge is -1.98. The van der Waals surface area contributed by atoms with Gasteiger partial charge < -0.3 is 9.52 Å². The van der Waals surface area contributed by atoms with Crippen molar-refractivity contribution in [3.05, 3.63) is 5.89 Å². The van der Waals surface area contributed by atoms with Gasteiger partial charge in [0.1, 0.15) is 0 Å². The maximum absolute atomic E-state index is 11.2.